The van der Waals surface area contributed by atoms with Crippen LogP contribution in [-0.2, 0) is 14.6 Å². The molecule has 0 radical (unpaired) electrons. The Morgan fingerprint density at radius 2 is 2.06 bits per heavy atom. The summed E-state index contributed by atoms with van der Waals surface area (Å²) in [6, 6.07) is 3.76. The summed E-state index contributed by atoms with van der Waals surface area (Å²) in [5.41, 5.74) is 0.361. The van der Waals surface area contributed by atoms with Gasteiger partial charge in [-0.25, -0.2) is 12.8 Å². The number of aldehydes is 1. The quantitative estimate of drug-likeness (QED) is 0.760. The molecule has 0 spiro atoms. The molecule has 0 aliphatic carbocycles. The van der Waals surface area contributed by atoms with Gasteiger partial charge in [-0.3, -0.25) is 0 Å². The largest absolute Gasteiger partial charge is 0.303 e. The van der Waals surface area contributed by atoms with Crippen molar-refractivity contribution in [3.05, 3.63) is 29.6 Å². The molecule has 0 amide bonds. The monoisotopic (exact) mass is 244 g/mol. The van der Waals surface area contributed by atoms with Crippen molar-refractivity contribution in [3.8, 4) is 0 Å². The molecule has 5 heteroatoms. The van der Waals surface area contributed by atoms with Crippen LogP contribution in [0.3, 0.4) is 0 Å². The van der Waals surface area contributed by atoms with E-state index in [0.29, 0.717) is 11.8 Å². The van der Waals surface area contributed by atoms with E-state index in [0.717, 1.165) is 12.3 Å². The van der Waals surface area contributed by atoms with Gasteiger partial charge in [-0.2, -0.15) is 0 Å². The third kappa shape index (κ3) is 2.88. The van der Waals surface area contributed by atoms with E-state index in [1.807, 2.05) is 0 Å². The molecule has 3 nitrogen and oxygen atoms in total. The summed E-state index contributed by atoms with van der Waals surface area (Å²) in [4.78, 5) is 10.3. The molecule has 88 valence electrons. The summed E-state index contributed by atoms with van der Waals surface area (Å²) < 4.78 is 35.9. The van der Waals surface area contributed by atoms with Crippen molar-refractivity contribution in [2.24, 2.45) is 0 Å². The van der Waals surface area contributed by atoms with Crippen LogP contribution in [0.2, 0.25) is 0 Å². The summed E-state index contributed by atoms with van der Waals surface area (Å²) in [6.07, 6.45) is 1.96. The van der Waals surface area contributed by atoms with E-state index in [-0.39, 0.29) is 17.2 Å². The Kier molecular flexibility index (Phi) is 3.80. The van der Waals surface area contributed by atoms with Crippen LogP contribution in [0.25, 0.3) is 0 Å². The Bertz CT molecular complexity index is 494. The molecule has 0 bridgehead atoms. The first-order valence-corrected chi connectivity index (χ1v) is 6.68. The summed E-state index contributed by atoms with van der Waals surface area (Å²) in [5, 5.41) is 0. The first-order chi connectivity index (χ1) is 7.36. The first kappa shape index (κ1) is 12.8. The maximum Gasteiger partial charge on any atom is 0.175 e. The highest BCUT2D eigenvalue weighted by atomic mass is 32.2. The summed E-state index contributed by atoms with van der Waals surface area (Å²) in [7, 11) is -3.39. The molecule has 0 N–H and O–H groups in total. The molecule has 0 fully saturated rings. The molecule has 1 aromatic rings. The minimum absolute atomic E-state index is 0.0490. The van der Waals surface area contributed by atoms with Crippen molar-refractivity contribution >= 4 is 16.1 Å². The Morgan fingerprint density at radius 1 is 1.44 bits per heavy atom. The number of rotatable bonds is 4. The van der Waals surface area contributed by atoms with Crippen LogP contribution in [0.5, 0.6) is 0 Å². The Labute approximate surface area is 94.2 Å². The molecular weight excluding hydrogens is 231 g/mol. The van der Waals surface area contributed by atoms with Crippen LogP contribution in [0, 0.1) is 5.82 Å². The molecule has 0 saturated heterocycles. The van der Waals surface area contributed by atoms with Crippen molar-refractivity contribution < 1.29 is 17.6 Å². The molecule has 0 aliphatic heterocycles. The van der Waals surface area contributed by atoms with E-state index in [1.54, 1.807) is 6.92 Å². The van der Waals surface area contributed by atoms with E-state index < -0.39 is 15.7 Å². The average Bonchev–Trinajstić information content (AvgIpc) is 2.16. The number of hydrogen-bond donors (Lipinski definition) is 0. The predicted molar refractivity (Wildman–Crippen MR) is 58.6 cm³/mol. The average molecular weight is 244 g/mol. The van der Waals surface area contributed by atoms with Gasteiger partial charge in [0, 0.05) is 12.7 Å². The zero-order valence-corrected chi connectivity index (χ0v) is 9.92. The van der Waals surface area contributed by atoms with Crippen LogP contribution < -0.4 is 0 Å². The molecule has 1 atom stereocenters. The van der Waals surface area contributed by atoms with Crippen LogP contribution in [0.4, 0.5) is 4.39 Å². The van der Waals surface area contributed by atoms with Crippen LogP contribution in [0.15, 0.2) is 23.1 Å². The highest BCUT2D eigenvalue weighted by Crippen LogP contribution is 2.23. The maximum absolute atomic E-state index is 13.6. The molecular formula is C11H13FO3S. The molecule has 0 aromatic heterocycles. The minimum Gasteiger partial charge on any atom is -0.303 e. The third-order valence-corrected chi connectivity index (χ3v) is 3.49. The minimum atomic E-state index is -3.39. The zero-order chi connectivity index (χ0) is 12.3. The van der Waals surface area contributed by atoms with Crippen LogP contribution in [-0.4, -0.2) is 21.0 Å². The van der Waals surface area contributed by atoms with Crippen LogP contribution in [0.1, 0.15) is 24.8 Å². The molecule has 0 heterocycles. The zero-order valence-electron chi connectivity index (χ0n) is 9.10. The SMILES string of the molecule is CC(CC=O)c1ccc(S(C)(=O)=O)cc1F. The van der Waals surface area contributed by atoms with E-state index in [2.05, 4.69) is 0 Å². The first-order valence-electron chi connectivity index (χ1n) is 4.79. The topological polar surface area (TPSA) is 51.2 Å². The second kappa shape index (κ2) is 4.74. The predicted octanol–water partition coefficient (Wildman–Crippen LogP) is 1.92. The number of hydrogen-bond acceptors (Lipinski definition) is 3. The number of carbonyl (C=O) groups is 1. The Morgan fingerprint density at radius 3 is 2.50 bits per heavy atom. The van der Waals surface area contributed by atoms with Gasteiger partial charge in [0.1, 0.15) is 12.1 Å². The second-order valence-corrected chi connectivity index (χ2v) is 5.77. The number of benzene rings is 1. The number of halogens is 1. The van der Waals surface area contributed by atoms with Gasteiger partial charge in [-0.1, -0.05) is 13.0 Å². The van der Waals surface area contributed by atoms with Gasteiger partial charge < -0.3 is 4.79 Å². The lowest BCUT2D eigenvalue weighted by molar-refractivity contribution is -0.108. The van der Waals surface area contributed by atoms with Gasteiger partial charge in [0.05, 0.1) is 4.90 Å². The fraction of sp³-hybridized carbons (Fsp3) is 0.364. The lowest BCUT2D eigenvalue weighted by atomic mass is 9.98. The second-order valence-electron chi connectivity index (χ2n) is 3.76. The van der Waals surface area contributed by atoms with Crippen molar-refractivity contribution in [2.45, 2.75) is 24.2 Å². The fourth-order valence-electron chi connectivity index (χ4n) is 1.41. The number of sulfone groups is 1. The Hall–Kier alpha value is -1.23. The maximum atomic E-state index is 13.6. The van der Waals surface area contributed by atoms with E-state index in [1.165, 1.54) is 12.1 Å². The lowest BCUT2D eigenvalue weighted by Gasteiger charge is -2.10. The molecule has 1 unspecified atom stereocenters. The highest BCUT2D eigenvalue weighted by Gasteiger charge is 2.14. The number of carbonyl (C=O) groups excluding carboxylic acids is 1. The standard InChI is InChI=1S/C11H13FO3S/c1-8(5-6-13)10-4-3-9(7-11(10)12)16(2,14)15/h3-4,6-8H,5H2,1-2H3. The molecule has 0 aliphatic rings. The molecule has 1 aromatic carbocycles. The smallest absolute Gasteiger partial charge is 0.175 e. The van der Waals surface area contributed by atoms with Crippen LogP contribution >= 0.6 is 0 Å². The van der Waals surface area contributed by atoms with Crippen molar-refractivity contribution in [1.29, 1.82) is 0 Å². The van der Waals surface area contributed by atoms with E-state index in [4.69, 9.17) is 0 Å². The third-order valence-electron chi connectivity index (χ3n) is 2.38. The van der Waals surface area contributed by atoms with Gasteiger partial charge in [0.15, 0.2) is 9.84 Å². The molecule has 0 saturated carbocycles. The van der Waals surface area contributed by atoms with Gasteiger partial charge >= 0.3 is 0 Å². The van der Waals surface area contributed by atoms with Crippen molar-refractivity contribution in [3.63, 3.8) is 0 Å². The van der Waals surface area contributed by atoms with E-state index >= 15 is 0 Å². The van der Waals surface area contributed by atoms with Crippen molar-refractivity contribution in [2.75, 3.05) is 6.26 Å². The van der Waals surface area contributed by atoms with Crippen molar-refractivity contribution in [1.82, 2.24) is 0 Å². The highest BCUT2D eigenvalue weighted by molar-refractivity contribution is 7.90. The summed E-state index contributed by atoms with van der Waals surface area (Å²) >= 11 is 0. The van der Waals surface area contributed by atoms with E-state index in [9.17, 15) is 17.6 Å². The summed E-state index contributed by atoms with van der Waals surface area (Å²) in [5.74, 6) is -0.830. The lowest BCUT2D eigenvalue weighted by Crippen LogP contribution is -2.02. The molecule has 1 rings (SSSR count). The van der Waals surface area contributed by atoms with Gasteiger partial charge in [0.2, 0.25) is 0 Å². The normalized spacial score (nSPS) is 13.4. The fourth-order valence-corrected chi connectivity index (χ4v) is 2.04. The Balaban J connectivity index is 3.14. The molecule has 16 heavy (non-hydrogen) atoms. The van der Waals surface area contributed by atoms with Gasteiger partial charge in [0.25, 0.3) is 0 Å². The van der Waals surface area contributed by atoms with Gasteiger partial charge in [-0.05, 0) is 23.6 Å². The van der Waals surface area contributed by atoms with Gasteiger partial charge in [-0.15, -0.1) is 0 Å². The summed E-state index contributed by atoms with van der Waals surface area (Å²) in [6.45, 7) is 1.72.